The van der Waals surface area contributed by atoms with Crippen molar-refractivity contribution in [1.82, 2.24) is 14.8 Å². The Morgan fingerprint density at radius 3 is 2.95 bits per heavy atom. The van der Waals surface area contributed by atoms with Crippen LogP contribution in [0.15, 0.2) is 54.2 Å². The van der Waals surface area contributed by atoms with Crippen LogP contribution in [0.1, 0.15) is 40.2 Å². The number of aryl methyl sites for hydroxylation is 2. The van der Waals surface area contributed by atoms with Gasteiger partial charge in [-0.2, -0.15) is 5.26 Å². The molecule has 2 aromatic carbocycles. The largest absolute Gasteiger partial charge is 0.485 e. The number of fused-ring (bicyclic) bond motifs is 2. The van der Waals surface area contributed by atoms with Gasteiger partial charge in [0.05, 0.1) is 11.3 Å². The van der Waals surface area contributed by atoms with Crippen LogP contribution >= 0.6 is 23.1 Å². The number of benzene rings is 2. The molecule has 7 nitrogen and oxygen atoms in total. The van der Waals surface area contributed by atoms with Crippen LogP contribution in [-0.2, 0) is 30.8 Å². The number of nitrogens with zero attached hydrogens (tertiary/aromatic N) is 4. The van der Waals surface area contributed by atoms with E-state index in [1.807, 2.05) is 35.8 Å². The minimum Gasteiger partial charge on any atom is -0.485 e. The molecule has 0 aliphatic heterocycles. The van der Waals surface area contributed by atoms with Crippen LogP contribution in [-0.4, -0.2) is 26.4 Å². The summed E-state index contributed by atoms with van der Waals surface area (Å²) in [5, 5.41) is 24.8. The number of nitriles is 1. The Hall–Kier alpha value is -3.61. The van der Waals surface area contributed by atoms with Gasteiger partial charge in [-0.1, -0.05) is 48.2 Å². The maximum Gasteiger partial charge on any atom is 0.235 e. The first-order chi connectivity index (χ1) is 18.1. The third-order valence-electron chi connectivity index (χ3n) is 6.48. The highest BCUT2D eigenvalue weighted by Crippen LogP contribution is 2.37. The maximum absolute atomic E-state index is 12.8. The summed E-state index contributed by atoms with van der Waals surface area (Å²) >= 11 is 2.84. The highest BCUT2D eigenvalue weighted by atomic mass is 32.2. The number of hydrogen-bond acceptors (Lipinski definition) is 7. The first kappa shape index (κ1) is 25.1. The average Bonchev–Trinajstić information content (AvgIpc) is 3.47. The van der Waals surface area contributed by atoms with Gasteiger partial charge in [0.15, 0.2) is 11.0 Å². The van der Waals surface area contributed by atoms with Crippen molar-refractivity contribution in [2.24, 2.45) is 0 Å². The van der Waals surface area contributed by atoms with Crippen LogP contribution in [0, 0.1) is 18.3 Å². The molecule has 1 aliphatic rings. The second-order valence-electron chi connectivity index (χ2n) is 8.86. The van der Waals surface area contributed by atoms with Crippen LogP contribution in [0.5, 0.6) is 5.75 Å². The number of ether oxygens (including phenoxy) is 1. The molecule has 0 spiro atoms. The highest BCUT2D eigenvalue weighted by Gasteiger charge is 2.22. The zero-order valence-corrected chi connectivity index (χ0v) is 22.3. The van der Waals surface area contributed by atoms with E-state index in [4.69, 9.17) is 4.74 Å². The molecule has 1 N–H and O–H groups in total. The molecule has 5 rings (SSSR count). The van der Waals surface area contributed by atoms with E-state index >= 15 is 0 Å². The van der Waals surface area contributed by atoms with Crippen LogP contribution in [0.3, 0.4) is 0 Å². The second kappa shape index (κ2) is 11.2. The fourth-order valence-corrected chi connectivity index (χ4v) is 6.64. The zero-order chi connectivity index (χ0) is 25.8. The number of nitrogens with one attached hydrogen (secondary N) is 1. The number of carbonyl (C=O) groups excluding carboxylic acids is 1. The summed E-state index contributed by atoms with van der Waals surface area (Å²) < 4.78 is 8.03. The van der Waals surface area contributed by atoms with Crippen molar-refractivity contribution in [2.45, 2.75) is 50.9 Å². The van der Waals surface area contributed by atoms with Crippen LogP contribution in [0.25, 0.3) is 10.8 Å². The van der Waals surface area contributed by atoms with Gasteiger partial charge < -0.3 is 10.1 Å². The molecule has 37 heavy (non-hydrogen) atoms. The lowest BCUT2D eigenvalue weighted by molar-refractivity contribution is -0.113. The topological polar surface area (TPSA) is 92.8 Å². The van der Waals surface area contributed by atoms with Crippen molar-refractivity contribution in [3.63, 3.8) is 0 Å². The van der Waals surface area contributed by atoms with Gasteiger partial charge in [0.25, 0.3) is 0 Å². The Morgan fingerprint density at radius 1 is 1.27 bits per heavy atom. The number of thioether (sulfide) groups is 1. The van der Waals surface area contributed by atoms with Gasteiger partial charge >= 0.3 is 0 Å². The molecule has 4 aromatic rings. The average molecular weight is 530 g/mol. The summed E-state index contributed by atoms with van der Waals surface area (Å²) in [6.45, 7) is 6.65. The second-order valence-corrected chi connectivity index (χ2v) is 10.9. The summed E-state index contributed by atoms with van der Waals surface area (Å²) in [5.74, 6) is 1.45. The smallest absolute Gasteiger partial charge is 0.235 e. The molecular weight excluding hydrogens is 502 g/mol. The molecule has 1 aliphatic carbocycles. The van der Waals surface area contributed by atoms with Gasteiger partial charge in [-0.15, -0.1) is 28.1 Å². The fraction of sp³-hybridized carbons (Fsp3) is 0.286. The predicted molar refractivity (Wildman–Crippen MR) is 148 cm³/mol. The summed E-state index contributed by atoms with van der Waals surface area (Å²) in [6, 6.07) is 14.5. The van der Waals surface area contributed by atoms with Crippen molar-refractivity contribution in [3.05, 3.63) is 76.4 Å². The number of aromatic nitrogens is 3. The summed E-state index contributed by atoms with van der Waals surface area (Å²) in [4.78, 5) is 14.0. The first-order valence-electron chi connectivity index (χ1n) is 12.2. The number of hydrogen-bond donors (Lipinski definition) is 1. The molecule has 0 radical (unpaired) electrons. The number of allylic oxidation sites excluding steroid dienone is 1. The Kier molecular flexibility index (Phi) is 7.58. The quantitative estimate of drug-likeness (QED) is 0.210. The van der Waals surface area contributed by atoms with E-state index in [1.54, 1.807) is 6.08 Å². The van der Waals surface area contributed by atoms with Crippen molar-refractivity contribution in [2.75, 3.05) is 11.1 Å². The number of anilines is 1. The lowest BCUT2D eigenvalue weighted by Gasteiger charge is -2.12. The number of carbonyl (C=O) groups is 1. The van der Waals surface area contributed by atoms with E-state index in [1.165, 1.54) is 33.4 Å². The van der Waals surface area contributed by atoms with Crippen molar-refractivity contribution >= 4 is 44.8 Å². The molecule has 1 amide bonds. The van der Waals surface area contributed by atoms with Crippen LogP contribution in [0.2, 0.25) is 0 Å². The van der Waals surface area contributed by atoms with E-state index in [0.717, 1.165) is 47.9 Å². The standard InChI is InChI=1S/C28H27N5O2S2/c1-3-14-33-25(16-35-23-13-12-19-8-4-5-9-20(19)18(23)2)31-32-28(33)36-17-26(34)30-27-22(15-29)21-10-6-7-11-24(21)37-27/h3-5,8-9,12-13H,1,6-7,10-11,14,16-17H2,2H3,(H,30,34). The number of amides is 1. The fourth-order valence-electron chi connectivity index (χ4n) is 4.62. The molecule has 0 atom stereocenters. The van der Waals surface area contributed by atoms with Gasteiger partial charge in [-0.3, -0.25) is 9.36 Å². The Bertz CT molecular complexity index is 1520. The molecule has 2 heterocycles. The van der Waals surface area contributed by atoms with E-state index in [2.05, 4.69) is 40.3 Å². The maximum atomic E-state index is 12.8. The van der Waals surface area contributed by atoms with Crippen molar-refractivity contribution in [1.29, 1.82) is 5.26 Å². The molecular formula is C28H27N5O2S2. The molecule has 2 aromatic heterocycles. The third kappa shape index (κ3) is 5.26. The predicted octanol–water partition coefficient (Wildman–Crippen LogP) is 6.05. The Balaban J connectivity index is 1.25. The molecule has 188 valence electrons. The minimum atomic E-state index is -0.169. The monoisotopic (exact) mass is 529 g/mol. The van der Waals surface area contributed by atoms with Gasteiger partial charge in [-0.25, -0.2) is 0 Å². The normalized spacial score (nSPS) is 12.6. The lowest BCUT2D eigenvalue weighted by Crippen LogP contribution is -2.15. The van der Waals surface area contributed by atoms with Gasteiger partial charge in [-0.05, 0) is 60.6 Å². The first-order valence-corrected chi connectivity index (χ1v) is 14.0. The van der Waals surface area contributed by atoms with Gasteiger partial charge in [0, 0.05) is 11.4 Å². The SMILES string of the molecule is C=CCn1c(COc2ccc3ccccc3c2C)nnc1SCC(=O)Nc1sc2c(c1C#N)CCCC2. The summed E-state index contributed by atoms with van der Waals surface area (Å²) in [5.41, 5.74) is 2.81. The Labute approximate surface area is 224 Å². The molecule has 0 unspecified atom stereocenters. The van der Waals surface area contributed by atoms with E-state index in [-0.39, 0.29) is 18.3 Å². The van der Waals surface area contributed by atoms with Gasteiger partial charge in [0.1, 0.15) is 23.4 Å². The van der Waals surface area contributed by atoms with E-state index in [0.29, 0.717) is 28.1 Å². The van der Waals surface area contributed by atoms with Crippen LogP contribution in [0.4, 0.5) is 5.00 Å². The third-order valence-corrected chi connectivity index (χ3v) is 8.65. The summed E-state index contributed by atoms with van der Waals surface area (Å²) in [7, 11) is 0. The van der Waals surface area contributed by atoms with Gasteiger partial charge in [0.2, 0.25) is 5.91 Å². The van der Waals surface area contributed by atoms with Crippen molar-refractivity contribution < 1.29 is 9.53 Å². The molecule has 0 fully saturated rings. The summed E-state index contributed by atoms with van der Waals surface area (Å²) in [6.07, 6.45) is 5.88. The van der Waals surface area contributed by atoms with Crippen LogP contribution < -0.4 is 10.1 Å². The highest BCUT2D eigenvalue weighted by molar-refractivity contribution is 7.99. The lowest BCUT2D eigenvalue weighted by atomic mass is 9.96. The molecule has 0 saturated carbocycles. The Morgan fingerprint density at radius 2 is 2.11 bits per heavy atom. The van der Waals surface area contributed by atoms with E-state index < -0.39 is 0 Å². The van der Waals surface area contributed by atoms with E-state index in [9.17, 15) is 10.1 Å². The molecule has 9 heteroatoms. The number of rotatable bonds is 9. The van der Waals surface area contributed by atoms with Crippen molar-refractivity contribution in [3.8, 4) is 11.8 Å². The number of thiophene rings is 1. The zero-order valence-electron chi connectivity index (χ0n) is 20.6. The minimum absolute atomic E-state index is 0.160. The molecule has 0 saturated heterocycles. The molecule has 0 bridgehead atoms.